The summed E-state index contributed by atoms with van der Waals surface area (Å²) in [6, 6.07) is 0. The molecule has 0 aromatic carbocycles. The van der Waals surface area contributed by atoms with Crippen LogP contribution in [0.5, 0.6) is 0 Å². The number of rotatable bonds is 11. The van der Waals surface area contributed by atoms with Gasteiger partial charge in [-0.25, -0.2) is 4.79 Å². The van der Waals surface area contributed by atoms with Gasteiger partial charge >= 0.3 is 6.09 Å². The van der Waals surface area contributed by atoms with Gasteiger partial charge in [0.25, 0.3) is 0 Å². The van der Waals surface area contributed by atoms with Gasteiger partial charge in [0.1, 0.15) is 5.60 Å². The largest absolute Gasteiger partial charge is 0.444 e. The van der Waals surface area contributed by atoms with Crippen molar-refractivity contribution < 1.29 is 30.0 Å². The Bertz CT molecular complexity index is 344. The van der Waals surface area contributed by atoms with Crippen LogP contribution >= 0.6 is 0 Å². The Hall–Kier alpha value is -0.890. The van der Waals surface area contributed by atoms with Gasteiger partial charge < -0.3 is 30.5 Å². The molecular weight excluding hydrogens is 314 g/mol. The Balaban J connectivity index is 3.83. The van der Waals surface area contributed by atoms with Gasteiger partial charge in [0.05, 0.1) is 24.4 Å². The van der Waals surface area contributed by atoms with Crippen LogP contribution in [0.25, 0.3) is 0 Å². The molecule has 0 rings (SSSR count). The number of hydrogen-bond donors (Lipinski definition) is 5. The van der Waals surface area contributed by atoms with Crippen LogP contribution in [0, 0.1) is 0 Å². The summed E-state index contributed by atoms with van der Waals surface area (Å²) in [5.74, 6) is 0. The van der Waals surface area contributed by atoms with Crippen LogP contribution in [-0.4, -0.2) is 63.1 Å². The number of nitrogens with one attached hydrogen (secondary N) is 1. The molecule has 7 heteroatoms. The van der Waals surface area contributed by atoms with E-state index in [4.69, 9.17) is 4.74 Å². The summed E-state index contributed by atoms with van der Waals surface area (Å²) in [5.41, 5.74) is -0.596. The van der Waals surface area contributed by atoms with E-state index in [1.807, 2.05) is 6.92 Å². The molecule has 0 saturated carbocycles. The van der Waals surface area contributed by atoms with Gasteiger partial charge in [-0.3, -0.25) is 0 Å². The number of alkyl carbamates (subject to hydrolysis) is 1. The first-order chi connectivity index (χ1) is 11.0. The van der Waals surface area contributed by atoms with Crippen molar-refractivity contribution in [3.63, 3.8) is 0 Å². The average Bonchev–Trinajstić information content (AvgIpc) is 2.43. The maximum Gasteiger partial charge on any atom is 0.407 e. The Labute approximate surface area is 145 Å². The lowest BCUT2D eigenvalue weighted by atomic mass is 10.0. The summed E-state index contributed by atoms with van der Waals surface area (Å²) < 4.78 is 5.05. The molecule has 24 heavy (non-hydrogen) atoms. The molecule has 0 spiro atoms. The second kappa shape index (κ2) is 11.6. The van der Waals surface area contributed by atoms with E-state index in [-0.39, 0.29) is 13.0 Å². The topological polar surface area (TPSA) is 119 Å². The van der Waals surface area contributed by atoms with Crippen molar-refractivity contribution in [3.8, 4) is 0 Å². The molecule has 0 aliphatic carbocycles. The van der Waals surface area contributed by atoms with E-state index >= 15 is 0 Å². The van der Waals surface area contributed by atoms with Crippen LogP contribution in [0.4, 0.5) is 4.79 Å². The Kier molecular flexibility index (Phi) is 11.2. The van der Waals surface area contributed by atoms with Crippen LogP contribution in [-0.2, 0) is 4.74 Å². The van der Waals surface area contributed by atoms with Gasteiger partial charge in [0.15, 0.2) is 0 Å². The molecule has 144 valence electrons. The van der Waals surface area contributed by atoms with Crippen LogP contribution in [0.15, 0.2) is 0 Å². The van der Waals surface area contributed by atoms with Gasteiger partial charge in [-0.15, -0.1) is 0 Å². The highest BCUT2D eigenvalue weighted by atomic mass is 16.6. The number of hydrogen-bond acceptors (Lipinski definition) is 6. The lowest BCUT2D eigenvalue weighted by molar-refractivity contribution is 0.0413. The maximum absolute atomic E-state index is 11.5. The summed E-state index contributed by atoms with van der Waals surface area (Å²) in [4.78, 5) is 11.5. The molecule has 0 aromatic rings. The normalized spacial score (nSPS) is 17.0. The van der Waals surface area contributed by atoms with Crippen LogP contribution in [0.3, 0.4) is 0 Å². The van der Waals surface area contributed by atoms with E-state index in [1.165, 1.54) is 0 Å². The van der Waals surface area contributed by atoms with Crippen LogP contribution < -0.4 is 5.32 Å². The third-order valence-corrected chi connectivity index (χ3v) is 3.52. The Morgan fingerprint density at radius 3 is 1.92 bits per heavy atom. The number of carbonyl (C=O) groups is 1. The molecule has 4 atom stereocenters. The highest BCUT2D eigenvalue weighted by molar-refractivity contribution is 5.67. The van der Waals surface area contributed by atoms with E-state index in [9.17, 15) is 25.2 Å². The van der Waals surface area contributed by atoms with Crippen LogP contribution in [0.1, 0.15) is 66.2 Å². The van der Waals surface area contributed by atoms with Crippen molar-refractivity contribution >= 4 is 6.09 Å². The predicted molar refractivity (Wildman–Crippen MR) is 91.6 cm³/mol. The van der Waals surface area contributed by atoms with Crippen molar-refractivity contribution in [2.45, 2.75) is 96.2 Å². The predicted octanol–water partition coefficient (Wildman–Crippen LogP) is 1.32. The fourth-order valence-corrected chi connectivity index (χ4v) is 2.22. The molecule has 0 unspecified atom stereocenters. The summed E-state index contributed by atoms with van der Waals surface area (Å²) in [7, 11) is 0. The van der Waals surface area contributed by atoms with Crippen molar-refractivity contribution in [3.05, 3.63) is 0 Å². The first kappa shape index (κ1) is 23.1. The molecule has 5 N–H and O–H groups in total. The van der Waals surface area contributed by atoms with Crippen molar-refractivity contribution in [1.82, 2.24) is 5.32 Å². The van der Waals surface area contributed by atoms with Crippen molar-refractivity contribution in [2.24, 2.45) is 0 Å². The maximum atomic E-state index is 11.5. The second-order valence-electron chi connectivity index (χ2n) is 7.31. The van der Waals surface area contributed by atoms with Gasteiger partial charge in [0, 0.05) is 13.0 Å². The molecule has 1 amide bonds. The van der Waals surface area contributed by atoms with E-state index in [1.54, 1.807) is 20.8 Å². The highest BCUT2D eigenvalue weighted by Crippen LogP contribution is 2.13. The van der Waals surface area contributed by atoms with Gasteiger partial charge in [-0.05, 0) is 52.9 Å². The molecular formula is C17H35NO6. The Morgan fingerprint density at radius 1 is 0.958 bits per heavy atom. The molecule has 0 aliphatic heterocycles. The average molecular weight is 349 g/mol. The van der Waals surface area contributed by atoms with E-state index < -0.39 is 36.1 Å². The van der Waals surface area contributed by atoms with Gasteiger partial charge in [0.2, 0.25) is 0 Å². The molecule has 0 fully saturated rings. The van der Waals surface area contributed by atoms with E-state index in [2.05, 4.69) is 5.32 Å². The van der Waals surface area contributed by atoms with E-state index in [0.29, 0.717) is 32.1 Å². The zero-order valence-electron chi connectivity index (χ0n) is 15.4. The summed E-state index contributed by atoms with van der Waals surface area (Å²) in [6.07, 6.45) is -0.600. The summed E-state index contributed by atoms with van der Waals surface area (Å²) >= 11 is 0. The fourth-order valence-electron chi connectivity index (χ4n) is 2.22. The number of amides is 1. The second-order valence-corrected chi connectivity index (χ2v) is 7.31. The van der Waals surface area contributed by atoms with Gasteiger partial charge in [-0.1, -0.05) is 6.92 Å². The summed E-state index contributed by atoms with van der Waals surface area (Å²) in [6.45, 7) is 7.12. The van der Waals surface area contributed by atoms with Crippen LogP contribution in [0.2, 0.25) is 0 Å². The number of ether oxygens (including phenoxy) is 1. The number of aliphatic hydroxyl groups is 4. The molecule has 0 heterocycles. The molecule has 0 aromatic heterocycles. The molecule has 0 saturated heterocycles. The fraction of sp³-hybridized carbons (Fsp3) is 0.941. The Morgan fingerprint density at radius 2 is 1.46 bits per heavy atom. The zero-order valence-corrected chi connectivity index (χ0v) is 15.4. The molecule has 0 radical (unpaired) electrons. The first-order valence-corrected chi connectivity index (χ1v) is 8.72. The zero-order chi connectivity index (χ0) is 18.8. The number of carbonyl (C=O) groups excluding carboxylic acids is 1. The third-order valence-electron chi connectivity index (χ3n) is 3.52. The van der Waals surface area contributed by atoms with Gasteiger partial charge in [-0.2, -0.15) is 0 Å². The third kappa shape index (κ3) is 13.5. The minimum absolute atomic E-state index is 0.0112. The molecule has 0 aliphatic rings. The van der Waals surface area contributed by atoms with Crippen molar-refractivity contribution in [2.75, 3.05) is 6.54 Å². The lowest BCUT2D eigenvalue weighted by Gasteiger charge is -2.21. The number of aliphatic hydroxyl groups excluding tert-OH is 4. The van der Waals surface area contributed by atoms with Crippen molar-refractivity contribution in [1.29, 1.82) is 0 Å². The SMILES string of the molecule is CC[C@@H](O)C[C@@H](O)CCC[C@H](O)C[C@H](O)CNC(=O)OC(C)(C)C. The smallest absolute Gasteiger partial charge is 0.407 e. The monoisotopic (exact) mass is 349 g/mol. The molecule has 7 nitrogen and oxygen atoms in total. The minimum atomic E-state index is -0.862. The first-order valence-electron chi connectivity index (χ1n) is 8.72. The lowest BCUT2D eigenvalue weighted by Crippen LogP contribution is -2.37. The quantitative estimate of drug-likeness (QED) is 0.384. The highest BCUT2D eigenvalue weighted by Gasteiger charge is 2.18. The molecule has 0 bridgehead atoms. The minimum Gasteiger partial charge on any atom is -0.444 e. The van der Waals surface area contributed by atoms with E-state index in [0.717, 1.165) is 0 Å². The standard InChI is InChI=1S/C17H35NO6/c1-5-12(19)9-13(20)7-6-8-14(21)10-15(22)11-18-16(23)24-17(2,3)4/h12-15,19-22H,5-11H2,1-4H3,(H,18,23)/t12-,13+,14+,15+/m1/s1. The summed E-state index contributed by atoms with van der Waals surface area (Å²) in [5, 5.41) is 41.3.